The minimum absolute atomic E-state index is 0.107. The van der Waals surface area contributed by atoms with E-state index >= 15 is 0 Å². The summed E-state index contributed by atoms with van der Waals surface area (Å²) in [5.41, 5.74) is 1.70. The van der Waals surface area contributed by atoms with E-state index in [-0.39, 0.29) is 24.1 Å². The molecule has 0 unspecified atom stereocenters. The van der Waals surface area contributed by atoms with Crippen LogP contribution >= 0.6 is 0 Å². The van der Waals surface area contributed by atoms with Gasteiger partial charge in [-0.2, -0.15) is 4.98 Å². The number of nitrogens with one attached hydrogen (secondary N) is 1. The summed E-state index contributed by atoms with van der Waals surface area (Å²) in [5.74, 6) is 0.396. The molecule has 8 heteroatoms. The number of aromatic nitrogens is 2. The van der Waals surface area contributed by atoms with E-state index in [2.05, 4.69) is 14.7 Å². The fourth-order valence-corrected chi connectivity index (χ4v) is 2.81. The molecule has 0 aliphatic heterocycles. The van der Waals surface area contributed by atoms with Gasteiger partial charge in [0.25, 0.3) is 0 Å². The van der Waals surface area contributed by atoms with Crippen molar-refractivity contribution in [3.8, 4) is 11.9 Å². The Morgan fingerprint density at radius 3 is 2.48 bits per heavy atom. The van der Waals surface area contributed by atoms with E-state index in [1.807, 2.05) is 6.92 Å². The zero-order chi connectivity index (χ0) is 16.9. The van der Waals surface area contributed by atoms with Gasteiger partial charge in [-0.15, -0.1) is 0 Å². The first-order valence-corrected chi connectivity index (χ1v) is 8.48. The van der Waals surface area contributed by atoms with E-state index in [0.717, 1.165) is 5.56 Å². The SMILES string of the molecule is COc1cc(C)nc(OCCNS(=O)(=O)c2ccc(C)cc2)n1. The molecule has 7 nitrogen and oxygen atoms in total. The second-order valence-electron chi connectivity index (χ2n) is 4.89. The summed E-state index contributed by atoms with van der Waals surface area (Å²) in [5, 5.41) is 0. The second kappa shape index (κ2) is 7.38. The van der Waals surface area contributed by atoms with Crippen molar-refractivity contribution >= 4 is 10.0 Å². The standard InChI is InChI=1S/C15H19N3O4S/c1-11-4-6-13(7-5-11)23(19,20)16-8-9-22-15-17-12(2)10-14(18-15)21-3/h4-7,10,16H,8-9H2,1-3H3. The maximum Gasteiger partial charge on any atom is 0.319 e. The third-order valence-corrected chi connectivity index (χ3v) is 4.45. The van der Waals surface area contributed by atoms with Gasteiger partial charge in [0.15, 0.2) is 0 Å². The lowest BCUT2D eigenvalue weighted by atomic mass is 10.2. The Bertz CT molecular complexity index is 761. The zero-order valence-electron chi connectivity index (χ0n) is 13.2. The van der Waals surface area contributed by atoms with Crippen LogP contribution in [0.1, 0.15) is 11.3 Å². The van der Waals surface area contributed by atoms with Crippen molar-refractivity contribution in [3.63, 3.8) is 0 Å². The fourth-order valence-electron chi connectivity index (χ4n) is 1.80. The highest BCUT2D eigenvalue weighted by Crippen LogP contribution is 2.13. The normalized spacial score (nSPS) is 11.3. The molecule has 0 atom stereocenters. The first-order valence-electron chi connectivity index (χ1n) is 6.99. The Labute approximate surface area is 135 Å². The smallest absolute Gasteiger partial charge is 0.319 e. The molecule has 1 heterocycles. The predicted molar refractivity (Wildman–Crippen MR) is 85.2 cm³/mol. The van der Waals surface area contributed by atoms with Gasteiger partial charge in [-0.25, -0.2) is 18.1 Å². The summed E-state index contributed by atoms with van der Waals surface area (Å²) < 4.78 is 37.0. The topological polar surface area (TPSA) is 90.4 Å². The largest absolute Gasteiger partial charge is 0.481 e. The van der Waals surface area contributed by atoms with Gasteiger partial charge in [-0.05, 0) is 26.0 Å². The lowest BCUT2D eigenvalue weighted by Gasteiger charge is -2.09. The number of nitrogens with zero attached hydrogens (tertiary/aromatic N) is 2. The molecule has 2 aromatic rings. The van der Waals surface area contributed by atoms with Crippen LogP contribution in [0.2, 0.25) is 0 Å². The van der Waals surface area contributed by atoms with Crippen molar-refractivity contribution in [2.75, 3.05) is 20.3 Å². The van der Waals surface area contributed by atoms with Crippen LogP contribution in [0.15, 0.2) is 35.2 Å². The minimum Gasteiger partial charge on any atom is -0.481 e. The molecule has 0 saturated carbocycles. The van der Waals surface area contributed by atoms with Gasteiger partial charge in [0, 0.05) is 18.3 Å². The van der Waals surface area contributed by atoms with Crippen LogP contribution < -0.4 is 14.2 Å². The van der Waals surface area contributed by atoms with E-state index in [0.29, 0.717) is 11.6 Å². The van der Waals surface area contributed by atoms with Gasteiger partial charge < -0.3 is 9.47 Å². The Hall–Kier alpha value is -2.19. The van der Waals surface area contributed by atoms with Gasteiger partial charge in [0.05, 0.1) is 12.0 Å². The summed E-state index contributed by atoms with van der Waals surface area (Å²) in [6.07, 6.45) is 0. The lowest BCUT2D eigenvalue weighted by Crippen LogP contribution is -2.28. The van der Waals surface area contributed by atoms with Crippen LogP contribution in [0.25, 0.3) is 0 Å². The predicted octanol–water partition coefficient (Wildman–Crippen LogP) is 1.46. The molecule has 0 aliphatic rings. The van der Waals surface area contributed by atoms with E-state index < -0.39 is 10.0 Å². The molecule has 0 amide bonds. The van der Waals surface area contributed by atoms with Crippen molar-refractivity contribution in [2.24, 2.45) is 0 Å². The monoisotopic (exact) mass is 337 g/mol. The van der Waals surface area contributed by atoms with E-state index in [9.17, 15) is 8.42 Å². The molecule has 0 spiro atoms. The summed E-state index contributed by atoms with van der Waals surface area (Å²) in [7, 11) is -2.05. The van der Waals surface area contributed by atoms with Crippen molar-refractivity contribution in [1.82, 2.24) is 14.7 Å². The van der Waals surface area contributed by atoms with Crippen molar-refractivity contribution in [3.05, 3.63) is 41.6 Å². The Balaban J connectivity index is 1.90. The highest BCUT2D eigenvalue weighted by molar-refractivity contribution is 7.89. The molecular formula is C15H19N3O4S. The third kappa shape index (κ3) is 4.90. The molecule has 124 valence electrons. The first-order chi connectivity index (χ1) is 10.9. The van der Waals surface area contributed by atoms with Crippen LogP contribution in [-0.4, -0.2) is 38.6 Å². The molecular weight excluding hydrogens is 318 g/mol. The molecule has 0 saturated heterocycles. The van der Waals surface area contributed by atoms with Gasteiger partial charge in [0.2, 0.25) is 15.9 Å². The number of ether oxygens (including phenoxy) is 2. The van der Waals surface area contributed by atoms with E-state index in [1.54, 1.807) is 37.3 Å². The van der Waals surface area contributed by atoms with Crippen molar-refractivity contribution < 1.29 is 17.9 Å². The Morgan fingerprint density at radius 1 is 1.13 bits per heavy atom. The molecule has 0 radical (unpaired) electrons. The number of hydrogen-bond donors (Lipinski definition) is 1. The van der Waals surface area contributed by atoms with Crippen molar-refractivity contribution in [1.29, 1.82) is 0 Å². The molecule has 0 bridgehead atoms. The van der Waals surface area contributed by atoms with Crippen molar-refractivity contribution in [2.45, 2.75) is 18.7 Å². The summed E-state index contributed by atoms with van der Waals surface area (Å²) >= 11 is 0. The average Bonchev–Trinajstić information content (AvgIpc) is 2.51. The van der Waals surface area contributed by atoms with Crippen LogP contribution in [0.4, 0.5) is 0 Å². The minimum atomic E-state index is -3.55. The first kappa shape index (κ1) is 17.2. The molecule has 1 aromatic carbocycles. The zero-order valence-corrected chi connectivity index (χ0v) is 14.1. The number of methoxy groups -OCH3 is 1. The van der Waals surface area contributed by atoms with Gasteiger partial charge in [0.1, 0.15) is 6.61 Å². The number of sulfonamides is 1. The van der Waals surface area contributed by atoms with Gasteiger partial charge in [-0.3, -0.25) is 0 Å². The van der Waals surface area contributed by atoms with E-state index in [1.165, 1.54) is 7.11 Å². The Morgan fingerprint density at radius 2 is 1.83 bits per heavy atom. The van der Waals surface area contributed by atoms with Crippen LogP contribution in [-0.2, 0) is 10.0 Å². The quantitative estimate of drug-likeness (QED) is 0.769. The summed E-state index contributed by atoms with van der Waals surface area (Å²) in [6.45, 7) is 3.90. The van der Waals surface area contributed by atoms with Gasteiger partial charge in [-0.1, -0.05) is 17.7 Å². The molecule has 2 rings (SSSR count). The van der Waals surface area contributed by atoms with Crippen LogP contribution in [0.5, 0.6) is 11.9 Å². The maximum atomic E-state index is 12.1. The van der Waals surface area contributed by atoms with Gasteiger partial charge >= 0.3 is 6.01 Å². The summed E-state index contributed by atoms with van der Waals surface area (Å²) in [6, 6.07) is 8.44. The second-order valence-corrected chi connectivity index (χ2v) is 6.66. The number of hydrogen-bond acceptors (Lipinski definition) is 6. The number of benzene rings is 1. The van der Waals surface area contributed by atoms with Crippen LogP contribution in [0, 0.1) is 13.8 Å². The maximum absolute atomic E-state index is 12.1. The molecule has 0 aliphatic carbocycles. The number of rotatable bonds is 7. The highest BCUT2D eigenvalue weighted by Gasteiger charge is 2.13. The summed E-state index contributed by atoms with van der Waals surface area (Å²) in [4.78, 5) is 8.33. The number of aryl methyl sites for hydroxylation is 2. The molecule has 23 heavy (non-hydrogen) atoms. The Kier molecular flexibility index (Phi) is 5.51. The fraction of sp³-hybridized carbons (Fsp3) is 0.333. The third-order valence-electron chi connectivity index (χ3n) is 2.98. The molecule has 1 aromatic heterocycles. The molecule has 0 fully saturated rings. The highest BCUT2D eigenvalue weighted by atomic mass is 32.2. The average molecular weight is 337 g/mol. The lowest BCUT2D eigenvalue weighted by molar-refractivity contribution is 0.288. The van der Waals surface area contributed by atoms with Crippen LogP contribution in [0.3, 0.4) is 0 Å². The molecule has 1 N–H and O–H groups in total. The van der Waals surface area contributed by atoms with E-state index in [4.69, 9.17) is 9.47 Å².